The number of nitrogens with zero attached hydrogens (tertiary/aromatic N) is 3. The highest BCUT2D eigenvalue weighted by Crippen LogP contribution is 2.26. The van der Waals surface area contributed by atoms with E-state index in [0.717, 1.165) is 37.2 Å². The highest BCUT2D eigenvalue weighted by molar-refractivity contribution is 5.77. The van der Waals surface area contributed by atoms with Crippen LogP contribution in [0, 0.1) is 0 Å². The molecule has 2 aromatic rings. The molecule has 5 heteroatoms. The lowest BCUT2D eigenvalue weighted by atomic mass is 10.0. The molecule has 1 aromatic carbocycles. The van der Waals surface area contributed by atoms with Crippen LogP contribution >= 0.6 is 0 Å². The summed E-state index contributed by atoms with van der Waals surface area (Å²) < 4.78 is 0. The van der Waals surface area contributed by atoms with Gasteiger partial charge in [0.15, 0.2) is 0 Å². The number of nitrogens with one attached hydrogen (secondary N) is 1. The second kappa shape index (κ2) is 6.32. The van der Waals surface area contributed by atoms with Crippen LogP contribution in [0.25, 0.3) is 11.3 Å². The summed E-state index contributed by atoms with van der Waals surface area (Å²) in [5.41, 5.74) is 4.71. The Bertz CT molecular complexity index is 648. The Morgan fingerprint density at radius 1 is 1.23 bits per heavy atom. The van der Waals surface area contributed by atoms with Crippen LogP contribution in [0.5, 0.6) is 0 Å². The van der Waals surface area contributed by atoms with E-state index in [2.05, 4.69) is 27.2 Å². The third-order valence-electron chi connectivity index (χ3n) is 4.21. The molecule has 3 rings (SSSR count). The molecule has 1 aliphatic rings. The third-order valence-corrected chi connectivity index (χ3v) is 4.21. The molecule has 0 spiro atoms. The minimum atomic E-state index is 0.159. The molecule has 0 bridgehead atoms. The summed E-state index contributed by atoms with van der Waals surface area (Å²) in [6.45, 7) is 2.28. The van der Waals surface area contributed by atoms with E-state index in [4.69, 9.17) is 0 Å². The maximum Gasteiger partial charge on any atom is 0.236 e. The molecule has 1 amide bonds. The second-order valence-electron chi connectivity index (χ2n) is 5.96. The van der Waals surface area contributed by atoms with Gasteiger partial charge in [-0.25, -0.2) is 0 Å². The number of benzene rings is 1. The fourth-order valence-corrected chi connectivity index (χ4v) is 2.85. The SMILES string of the molecule is CN(C)C(=O)CN1CCc2[nH]nc(-c3ccccc3)c2CC1. The summed E-state index contributed by atoms with van der Waals surface area (Å²) in [5, 5.41) is 7.69. The maximum atomic E-state index is 11.9. The van der Waals surface area contributed by atoms with E-state index in [1.165, 1.54) is 11.3 Å². The summed E-state index contributed by atoms with van der Waals surface area (Å²) in [5.74, 6) is 0.159. The van der Waals surface area contributed by atoms with Gasteiger partial charge in [-0.2, -0.15) is 5.10 Å². The summed E-state index contributed by atoms with van der Waals surface area (Å²) in [4.78, 5) is 15.8. The van der Waals surface area contributed by atoms with Crippen molar-refractivity contribution in [2.75, 3.05) is 33.7 Å². The Hall–Kier alpha value is -2.14. The van der Waals surface area contributed by atoms with Gasteiger partial charge in [0.1, 0.15) is 0 Å². The first-order chi connectivity index (χ1) is 10.6. The van der Waals surface area contributed by atoms with Crippen LogP contribution in [0.1, 0.15) is 11.3 Å². The molecule has 0 fully saturated rings. The van der Waals surface area contributed by atoms with Gasteiger partial charge in [-0.1, -0.05) is 30.3 Å². The number of carbonyl (C=O) groups is 1. The zero-order valence-electron chi connectivity index (χ0n) is 13.2. The molecule has 1 aromatic heterocycles. The van der Waals surface area contributed by atoms with Gasteiger partial charge in [0.25, 0.3) is 0 Å². The van der Waals surface area contributed by atoms with Gasteiger partial charge >= 0.3 is 0 Å². The highest BCUT2D eigenvalue weighted by Gasteiger charge is 2.21. The molecular formula is C17H22N4O. The zero-order valence-corrected chi connectivity index (χ0v) is 13.2. The molecular weight excluding hydrogens is 276 g/mol. The van der Waals surface area contributed by atoms with E-state index in [1.54, 1.807) is 19.0 Å². The lowest BCUT2D eigenvalue weighted by Gasteiger charge is -2.21. The Labute approximate surface area is 130 Å². The van der Waals surface area contributed by atoms with Crippen molar-refractivity contribution >= 4 is 5.91 Å². The van der Waals surface area contributed by atoms with E-state index in [9.17, 15) is 4.79 Å². The van der Waals surface area contributed by atoms with Crippen LogP contribution in [0.15, 0.2) is 30.3 Å². The quantitative estimate of drug-likeness (QED) is 0.936. The van der Waals surface area contributed by atoms with Gasteiger partial charge in [0, 0.05) is 50.4 Å². The number of amides is 1. The van der Waals surface area contributed by atoms with Crippen molar-refractivity contribution in [1.82, 2.24) is 20.0 Å². The number of rotatable bonds is 3. The first-order valence-corrected chi connectivity index (χ1v) is 7.69. The molecule has 1 aliphatic heterocycles. The van der Waals surface area contributed by atoms with Gasteiger partial charge < -0.3 is 4.90 Å². The molecule has 0 radical (unpaired) electrons. The van der Waals surface area contributed by atoms with Gasteiger partial charge in [0.05, 0.1) is 12.2 Å². The molecule has 2 heterocycles. The molecule has 116 valence electrons. The smallest absolute Gasteiger partial charge is 0.236 e. The van der Waals surface area contributed by atoms with Crippen molar-refractivity contribution in [3.05, 3.63) is 41.6 Å². The van der Waals surface area contributed by atoms with E-state index in [-0.39, 0.29) is 5.91 Å². The molecule has 0 atom stereocenters. The second-order valence-corrected chi connectivity index (χ2v) is 5.96. The molecule has 0 saturated carbocycles. The standard InChI is InChI=1S/C17H22N4O/c1-20(2)16(22)12-21-10-8-14-15(9-11-21)18-19-17(14)13-6-4-3-5-7-13/h3-7H,8-12H2,1-2H3,(H,18,19). The van der Waals surface area contributed by atoms with Gasteiger partial charge in [-0.3, -0.25) is 14.8 Å². The van der Waals surface area contributed by atoms with Crippen LogP contribution in [0.2, 0.25) is 0 Å². The van der Waals surface area contributed by atoms with E-state index in [0.29, 0.717) is 6.54 Å². The molecule has 0 unspecified atom stereocenters. The van der Waals surface area contributed by atoms with Crippen LogP contribution < -0.4 is 0 Å². The Morgan fingerprint density at radius 3 is 2.68 bits per heavy atom. The normalized spacial score (nSPS) is 15.2. The number of carbonyl (C=O) groups excluding carboxylic acids is 1. The van der Waals surface area contributed by atoms with Crippen LogP contribution in [0.3, 0.4) is 0 Å². The summed E-state index contributed by atoms with van der Waals surface area (Å²) in [6, 6.07) is 10.3. The average Bonchev–Trinajstić information content (AvgIpc) is 2.83. The summed E-state index contributed by atoms with van der Waals surface area (Å²) in [7, 11) is 3.61. The lowest BCUT2D eigenvalue weighted by molar-refractivity contribution is -0.129. The zero-order chi connectivity index (χ0) is 15.5. The van der Waals surface area contributed by atoms with E-state index < -0.39 is 0 Å². The number of H-pyrrole nitrogens is 1. The van der Waals surface area contributed by atoms with E-state index in [1.807, 2.05) is 18.2 Å². The predicted octanol–water partition coefficient (Wildman–Crippen LogP) is 1.57. The van der Waals surface area contributed by atoms with Crippen molar-refractivity contribution in [2.45, 2.75) is 12.8 Å². The van der Waals surface area contributed by atoms with Gasteiger partial charge in [-0.15, -0.1) is 0 Å². The van der Waals surface area contributed by atoms with Crippen LogP contribution in [0.4, 0.5) is 0 Å². The molecule has 0 saturated heterocycles. The average molecular weight is 298 g/mol. The molecule has 22 heavy (non-hydrogen) atoms. The Morgan fingerprint density at radius 2 is 1.95 bits per heavy atom. The summed E-state index contributed by atoms with van der Waals surface area (Å²) >= 11 is 0. The third kappa shape index (κ3) is 3.04. The number of fused-ring (bicyclic) bond motifs is 1. The number of hydrogen-bond donors (Lipinski definition) is 1. The van der Waals surface area contributed by atoms with Crippen molar-refractivity contribution in [3.8, 4) is 11.3 Å². The fraction of sp³-hybridized carbons (Fsp3) is 0.412. The van der Waals surface area contributed by atoms with Gasteiger partial charge in [0.2, 0.25) is 5.91 Å². The Kier molecular flexibility index (Phi) is 4.24. The van der Waals surface area contributed by atoms with Crippen molar-refractivity contribution < 1.29 is 4.79 Å². The summed E-state index contributed by atoms with van der Waals surface area (Å²) in [6.07, 6.45) is 1.84. The maximum absolute atomic E-state index is 11.9. The number of likely N-dealkylation sites (N-methyl/N-ethyl adjacent to an activating group) is 1. The van der Waals surface area contributed by atoms with Crippen molar-refractivity contribution in [3.63, 3.8) is 0 Å². The highest BCUT2D eigenvalue weighted by atomic mass is 16.2. The van der Waals surface area contributed by atoms with Crippen molar-refractivity contribution in [1.29, 1.82) is 0 Å². The molecule has 5 nitrogen and oxygen atoms in total. The fourth-order valence-electron chi connectivity index (χ4n) is 2.85. The largest absolute Gasteiger partial charge is 0.348 e. The monoisotopic (exact) mass is 298 g/mol. The van der Waals surface area contributed by atoms with E-state index >= 15 is 0 Å². The molecule has 1 N–H and O–H groups in total. The number of aromatic nitrogens is 2. The van der Waals surface area contributed by atoms with Crippen LogP contribution in [-0.4, -0.2) is 59.6 Å². The predicted molar refractivity (Wildman–Crippen MR) is 86.6 cm³/mol. The first kappa shape index (κ1) is 14.8. The minimum Gasteiger partial charge on any atom is -0.348 e. The minimum absolute atomic E-state index is 0.159. The van der Waals surface area contributed by atoms with Crippen LogP contribution in [-0.2, 0) is 17.6 Å². The Balaban J connectivity index is 1.75. The van der Waals surface area contributed by atoms with Gasteiger partial charge in [-0.05, 0) is 6.42 Å². The van der Waals surface area contributed by atoms with Crippen molar-refractivity contribution in [2.24, 2.45) is 0 Å². The lowest BCUT2D eigenvalue weighted by Crippen LogP contribution is -2.38. The number of hydrogen-bond acceptors (Lipinski definition) is 3. The molecule has 0 aliphatic carbocycles. The first-order valence-electron chi connectivity index (χ1n) is 7.69. The topological polar surface area (TPSA) is 52.2 Å². The number of aromatic amines is 1.